The van der Waals surface area contributed by atoms with E-state index < -0.39 is 0 Å². The van der Waals surface area contributed by atoms with Crippen molar-refractivity contribution < 1.29 is 14.3 Å². The molecule has 0 unspecified atom stereocenters. The monoisotopic (exact) mass is 378 g/mol. The summed E-state index contributed by atoms with van der Waals surface area (Å²) in [4.78, 5) is 7.06. The topological polar surface area (TPSA) is 58.7 Å². The maximum atomic E-state index is 9.64. The molecule has 28 heavy (non-hydrogen) atoms. The molecular weight excluding hydrogens is 352 g/mol. The lowest BCUT2D eigenvalue weighted by Crippen LogP contribution is -2.41. The third-order valence-corrected chi connectivity index (χ3v) is 5.27. The Morgan fingerprint density at radius 3 is 2.75 bits per heavy atom. The van der Waals surface area contributed by atoms with E-state index in [1.165, 1.54) is 12.8 Å². The van der Waals surface area contributed by atoms with E-state index in [4.69, 9.17) is 14.1 Å². The Morgan fingerprint density at radius 2 is 1.93 bits per heavy atom. The van der Waals surface area contributed by atoms with Crippen molar-refractivity contribution in [2.45, 2.75) is 38.8 Å². The van der Waals surface area contributed by atoms with Crippen molar-refractivity contribution >= 4 is 0 Å². The van der Waals surface area contributed by atoms with E-state index in [2.05, 4.69) is 4.90 Å². The third-order valence-electron chi connectivity index (χ3n) is 5.27. The van der Waals surface area contributed by atoms with Crippen LogP contribution in [-0.2, 0) is 6.54 Å². The van der Waals surface area contributed by atoms with Gasteiger partial charge in [-0.05, 0) is 56.6 Å². The van der Waals surface area contributed by atoms with E-state index in [0.717, 1.165) is 41.5 Å². The second kappa shape index (κ2) is 8.59. The summed E-state index contributed by atoms with van der Waals surface area (Å²) in [6.45, 7) is 3.85. The first-order valence-electron chi connectivity index (χ1n) is 9.87. The van der Waals surface area contributed by atoms with Crippen LogP contribution in [0.5, 0.6) is 11.5 Å². The van der Waals surface area contributed by atoms with Crippen LogP contribution < -0.4 is 4.74 Å². The molecule has 1 aliphatic heterocycles. The summed E-state index contributed by atoms with van der Waals surface area (Å²) in [6.07, 6.45) is 3.39. The fraction of sp³-hybridized carbons (Fsp3) is 0.348. The highest BCUT2D eigenvalue weighted by molar-refractivity contribution is 5.57. The minimum Gasteiger partial charge on any atom is -0.457 e. The van der Waals surface area contributed by atoms with Gasteiger partial charge in [-0.1, -0.05) is 30.7 Å². The molecule has 5 heteroatoms. The second-order valence-corrected chi connectivity index (χ2v) is 7.27. The maximum absolute atomic E-state index is 9.64. The molecule has 0 saturated carbocycles. The summed E-state index contributed by atoms with van der Waals surface area (Å²) in [5.74, 6) is 2.97. The summed E-state index contributed by atoms with van der Waals surface area (Å²) in [5.41, 5.74) is 1.82. The van der Waals surface area contributed by atoms with Crippen LogP contribution in [0.15, 0.2) is 59.0 Å². The van der Waals surface area contributed by atoms with Gasteiger partial charge in [0, 0.05) is 18.2 Å². The molecule has 4 rings (SSSR count). The van der Waals surface area contributed by atoms with Gasteiger partial charge in [0.2, 0.25) is 5.89 Å². The highest BCUT2D eigenvalue weighted by atomic mass is 16.5. The van der Waals surface area contributed by atoms with Crippen molar-refractivity contribution in [2.75, 3.05) is 13.2 Å². The zero-order chi connectivity index (χ0) is 19.3. The first-order chi connectivity index (χ1) is 13.7. The number of aliphatic hydroxyl groups excluding tert-OH is 1. The van der Waals surface area contributed by atoms with Crippen LogP contribution >= 0.6 is 0 Å². The van der Waals surface area contributed by atoms with Gasteiger partial charge in [0.1, 0.15) is 17.3 Å². The van der Waals surface area contributed by atoms with Crippen molar-refractivity contribution in [3.8, 4) is 23.0 Å². The number of para-hydroxylation sites is 1. The highest BCUT2D eigenvalue weighted by Gasteiger charge is 2.24. The lowest BCUT2D eigenvalue weighted by Gasteiger charge is -2.33. The van der Waals surface area contributed by atoms with Crippen molar-refractivity contribution in [3.63, 3.8) is 0 Å². The van der Waals surface area contributed by atoms with Crippen molar-refractivity contribution in [1.29, 1.82) is 0 Å². The Hall–Kier alpha value is -2.63. The molecule has 1 atom stereocenters. The molecule has 0 amide bonds. The fourth-order valence-corrected chi connectivity index (χ4v) is 3.68. The van der Waals surface area contributed by atoms with Gasteiger partial charge in [-0.2, -0.15) is 0 Å². The number of aryl methyl sites for hydroxylation is 1. The Bertz CT molecular complexity index is 907. The number of ether oxygens (including phenoxy) is 1. The van der Waals surface area contributed by atoms with E-state index in [0.29, 0.717) is 12.4 Å². The fourth-order valence-electron chi connectivity index (χ4n) is 3.68. The number of aromatic nitrogens is 1. The summed E-state index contributed by atoms with van der Waals surface area (Å²) in [5, 5.41) is 9.64. The normalized spacial score (nSPS) is 17.6. The summed E-state index contributed by atoms with van der Waals surface area (Å²) < 4.78 is 11.9. The largest absolute Gasteiger partial charge is 0.457 e. The molecule has 1 aliphatic rings. The van der Waals surface area contributed by atoms with Gasteiger partial charge in [0.15, 0.2) is 0 Å². The molecule has 5 nitrogen and oxygen atoms in total. The van der Waals surface area contributed by atoms with Crippen molar-refractivity contribution in [2.24, 2.45) is 0 Å². The second-order valence-electron chi connectivity index (χ2n) is 7.27. The van der Waals surface area contributed by atoms with Crippen LogP contribution in [-0.4, -0.2) is 34.2 Å². The number of oxazole rings is 1. The van der Waals surface area contributed by atoms with E-state index in [1.54, 1.807) is 0 Å². The van der Waals surface area contributed by atoms with Gasteiger partial charge in [-0.15, -0.1) is 0 Å². The van der Waals surface area contributed by atoms with Crippen LogP contribution in [0.1, 0.15) is 30.7 Å². The summed E-state index contributed by atoms with van der Waals surface area (Å²) in [6, 6.07) is 17.7. The first-order valence-corrected chi connectivity index (χ1v) is 9.87. The van der Waals surface area contributed by atoms with Crippen LogP contribution in [0.3, 0.4) is 0 Å². The third kappa shape index (κ3) is 4.26. The van der Waals surface area contributed by atoms with Crippen molar-refractivity contribution in [3.05, 3.63) is 66.1 Å². The minimum atomic E-state index is 0.197. The first kappa shape index (κ1) is 18.7. The number of piperidine rings is 1. The molecule has 0 spiro atoms. The predicted octanol–water partition coefficient (Wildman–Crippen LogP) is 4.79. The molecule has 146 valence electrons. The number of rotatable bonds is 6. The summed E-state index contributed by atoms with van der Waals surface area (Å²) >= 11 is 0. The average molecular weight is 378 g/mol. The number of hydrogen-bond donors (Lipinski definition) is 1. The molecule has 0 bridgehead atoms. The molecule has 1 fully saturated rings. The van der Waals surface area contributed by atoms with Crippen molar-refractivity contribution in [1.82, 2.24) is 9.88 Å². The SMILES string of the molecule is Cc1oc(-c2cccc(Oc3ccccc3)c2)nc1CN1CCCC[C@H]1CO. The van der Waals surface area contributed by atoms with Crippen LogP contribution in [0.4, 0.5) is 0 Å². The van der Waals surface area contributed by atoms with Gasteiger partial charge in [-0.3, -0.25) is 4.90 Å². The van der Waals surface area contributed by atoms with Crippen LogP contribution in [0.25, 0.3) is 11.5 Å². The summed E-state index contributed by atoms with van der Waals surface area (Å²) in [7, 11) is 0. The molecule has 3 aromatic rings. The Labute approximate surface area is 165 Å². The zero-order valence-electron chi connectivity index (χ0n) is 16.2. The lowest BCUT2D eigenvalue weighted by molar-refractivity contribution is 0.0828. The van der Waals surface area contributed by atoms with E-state index in [-0.39, 0.29) is 12.6 Å². The molecule has 2 aromatic carbocycles. The smallest absolute Gasteiger partial charge is 0.226 e. The lowest BCUT2D eigenvalue weighted by atomic mass is 10.0. The van der Waals surface area contributed by atoms with Crippen LogP contribution in [0.2, 0.25) is 0 Å². The molecular formula is C23H26N2O3. The Balaban J connectivity index is 1.52. The highest BCUT2D eigenvalue weighted by Crippen LogP contribution is 2.29. The molecule has 0 radical (unpaired) electrons. The quantitative estimate of drug-likeness (QED) is 0.668. The Morgan fingerprint density at radius 1 is 1.11 bits per heavy atom. The van der Waals surface area contributed by atoms with E-state index in [9.17, 15) is 5.11 Å². The Kier molecular flexibility index (Phi) is 5.74. The zero-order valence-corrected chi connectivity index (χ0v) is 16.2. The number of hydrogen-bond acceptors (Lipinski definition) is 5. The molecule has 1 N–H and O–H groups in total. The number of aliphatic hydroxyl groups is 1. The predicted molar refractivity (Wildman–Crippen MR) is 108 cm³/mol. The number of likely N-dealkylation sites (tertiary alicyclic amines) is 1. The van der Waals surface area contributed by atoms with Gasteiger partial charge in [0.05, 0.1) is 12.3 Å². The maximum Gasteiger partial charge on any atom is 0.226 e. The van der Waals surface area contributed by atoms with E-state index in [1.807, 2.05) is 61.5 Å². The number of nitrogens with zero attached hydrogens (tertiary/aromatic N) is 2. The number of benzene rings is 2. The van der Waals surface area contributed by atoms with Gasteiger partial charge < -0.3 is 14.3 Å². The standard InChI is InChI=1S/C23H26N2O3/c1-17-22(15-25-13-6-5-9-19(25)16-26)24-23(27-17)18-8-7-12-21(14-18)28-20-10-3-2-4-11-20/h2-4,7-8,10-12,14,19,26H,5-6,9,13,15-16H2,1H3/t19-/m0/s1. The van der Waals surface area contributed by atoms with Gasteiger partial charge >= 0.3 is 0 Å². The molecule has 0 aliphatic carbocycles. The molecule has 1 saturated heterocycles. The average Bonchev–Trinajstić information content (AvgIpc) is 3.10. The van der Waals surface area contributed by atoms with E-state index >= 15 is 0 Å². The molecule has 1 aromatic heterocycles. The minimum absolute atomic E-state index is 0.197. The van der Waals surface area contributed by atoms with Gasteiger partial charge in [0.25, 0.3) is 0 Å². The van der Waals surface area contributed by atoms with Crippen LogP contribution in [0, 0.1) is 6.92 Å². The van der Waals surface area contributed by atoms with Gasteiger partial charge in [-0.25, -0.2) is 4.98 Å². The molecule has 2 heterocycles.